The topological polar surface area (TPSA) is 0 Å². The van der Waals surface area contributed by atoms with Gasteiger partial charge in [-0.2, -0.15) is 0 Å². The molecule has 0 aliphatic carbocycles. The largest absolute Gasteiger partial charge is 0.0875 e. The summed E-state index contributed by atoms with van der Waals surface area (Å²) in [5, 5.41) is 0. The Morgan fingerprint density at radius 3 is 0.889 bits per heavy atom. The predicted octanol–water partition coefficient (Wildman–Crippen LogP) is 10.3. The average molecular weight is 381 g/mol. The summed E-state index contributed by atoms with van der Waals surface area (Å²) in [5.74, 6) is 0. The fraction of sp³-hybridized carbons (Fsp3) is 0.778. The maximum Gasteiger partial charge on any atom is -0.0200 e. The first-order valence-electron chi connectivity index (χ1n) is 11.0. The molecule has 0 aliphatic heterocycles. The Morgan fingerprint density at radius 2 is 0.704 bits per heavy atom. The molecule has 0 heteroatoms. The molecule has 27 heavy (non-hydrogen) atoms. The zero-order valence-electron chi connectivity index (χ0n) is 22.2. The fourth-order valence-electron chi connectivity index (χ4n) is 1.45. The van der Waals surface area contributed by atoms with Gasteiger partial charge in [-0.3, -0.25) is 0 Å². The van der Waals surface area contributed by atoms with E-state index < -0.39 is 0 Å². The van der Waals surface area contributed by atoms with E-state index in [9.17, 15) is 0 Å². The van der Waals surface area contributed by atoms with Crippen molar-refractivity contribution in [3.05, 3.63) is 36.5 Å². The standard InChI is InChI=1S/C12H22.C11H22.2C2H6/c1-11(2,3)9-7-8-10-12(4,5)6;1-10(2,3)8-7-9-11(4,5)6;2*1-2/h7-10H,1-6H3;7-8H,9H2,1-6H3;2*1-2H3/b9-7-,10-8-;8-7-;;. The van der Waals surface area contributed by atoms with E-state index in [0.29, 0.717) is 21.7 Å². The lowest BCUT2D eigenvalue weighted by atomic mass is 9.89. The van der Waals surface area contributed by atoms with Crippen molar-refractivity contribution in [2.24, 2.45) is 21.7 Å². The lowest BCUT2D eigenvalue weighted by molar-refractivity contribution is 0.417. The fourth-order valence-corrected chi connectivity index (χ4v) is 1.45. The quantitative estimate of drug-likeness (QED) is 0.330. The van der Waals surface area contributed by atoms with Gasteiger partial charge in [0.25, 0.3) is 0 Å². The highest BCUT2D eigenvalue weighted by atomic mass is 14.1. The van der Waals surface area contributed by atoms with Crippen LogP contribution in [0.2, 0.25) is 0 Å². The molecule has 0 fully saturated rings. The van der Waals surface area contributed by atoms with E-state index >= 15 is 0 Å². The molecule has 0 aromatic rings. The average Bonchev–Trinajstić information content (AvgIpc) is 2.44. The number of hydrogen-bond donors (Lipinski definition) is 0. The van der Waals surface area contributed by atoms with Gasteiger partial charge in [-0.05, 0) is 28.1 Å². The minimum Gasteiger partial charge on any atom is -0.0875 e. The van der Waals surface area contributed by atoms with Gasteiger partial charge >= 0.3 is 0 Å². The van der Waals surface area contributed by atoms with Gasteiger partial charge in [0, 0.05) is 0 Å². The van der Waals surface area contributed by atoms with Crippen molar-refractivity contribution in [1.82, 2.24) is 0 Å². The first-order chi connectivity index (χ1) is 11.9. The van der Waals surface area contributed by atoms with Crippen molar-refractivity contribution >= 4 is 0 Å². The van der Waals surface area contributed by atoms with Gasteiger partial charge in [0.1, 0.15) is 0 Å². The van der Waals surface area contributed by atoms with Gasteiger partial charge in [-0.1, -0.05) is 147 Å². The van der Waals surface area contributed by atoms with Crippen molar-refractivity contribution in [2.75, 3.05) is 0 Å². The Labute approximate surface area is 175 Å². The van der Waals surface area contributed by atoms with E-state index in [0.717, 1.165) is 0 Å². The summed E-state index contributed by atoms with van der Waals surface area (Å²) in [6.07, 6.45) is 14.4. The van der Waals surface area contributed by atoms with E-state index in [1.165, 1.54) is 6.42 Å². The minimum atomic E-state index is 0.294. The van der Waals surface area contributed by atoms with Gasteiger partial charge in [0.15, 0.2) is 0 Å². The summed E-state index contributed by atoms with van der Waals surface area (Å²) in [4.78, 5) is 0. The Kier molecular flexibility index (Phi) is 20.3. The molecule has 0 aliphatic rings. The molecule has 0 atom stereocenters. The highest BCUT2D eigenvalue weighted by Crippen LogP contribution is 2.22. The molecule has 0 heterocycles. The van der Waals surface area contributed by atoms with Crippen LogP contribution in [0.25, 0.3) is 0 Å². The number of allylic oxidation sites excluding steroid dienone is 6. The molecule has 0 aromatic carbocycles. The molecule has 0 aromatic heterocycles. The van der Waals surface area contributed by atoms with Crippen LogP contribution in [0.1, 0.15) is 117 Å². The minimum absolute atomic E-state index is 0.294. The maximum atomic E-state index is 2.29. The first kappa shape index (κ1) is 33.8. The Hall–Kier alpha value is -0.780. The van der Waals surface area contributed by atoms with E-state index in [2.05, 4.69) is 120 Å². The normalized spacial score (nSPS) is 12.9. The third-order valence-corrected chi connectivity index (χ3v) is 2.65. The van der Waals surface area contributed by atoms with Crippen LogP contribution in [0.5, 0.6) is 0 Å². The molecule has 0 saturated heterocycles. The summed E-state index contributed by atoms with van der Waals surface area (Å²) in [6, 6.07) is 0. The zero-order chi connectivity index (χ0) is 22.9. The number of rotatable bonds is 2. The molecule has 0 spiro atoms. The summed E-state index contributed by atoms with van der Waals surface area (Å²) in [6.45, 7) is 34.7. The summed E-state index contributed by atoms with van der Waals surface area (Å²) in [5.41, 5.74) is 1.36. The second-order valence-electron chi connectivity index (χ2n) is 11.0. The highest BCUT2D eigenvalue weighted by Gasteiger charge is 2.08. The lowest BCUT2D eigenvalue weighted by Crippen LogP contribution is -2.04. The van der Waals surface area contributed by atoms with Gasteiger partial charge in [0.05, 0.1) is 0 Å². The molecule has 0 rings (SSSR count). The van der Waals surface area contributed by atoms with Gasteiger partial charge in [-0.15, -0.1) is 0 Å². The van der Waals surface area contributed by atoms with Crippen molar-refractivity contribution in [3.63, 3.8) is 0 Å². The van der Waals surface area contributed by atoms with Crippen molar-refractivity contribution < 1.29 is 0 Å². The second-order valence-corrected chi connectivity index (χ2v) is 11.0. The second kappa shape index (κ2) is 16.2. The van der Waals surface area contributed by atoms with Crippen LogP contribution in [0.15, 0.2) is 36.5 Å². The monoisotopic (exact) mass is 380 g/mol. The maximum absolute atomic E-state index is 2.29. The molecular weight excluding hydrogens is 324 g/mol. The van der Waals surface area contributed by atoms with Crippen molar-refractivity contribution in [3.8, 4) is 0 Å². The molecule has 0 amide bonds. The zero-order valence-corrected chi connectivity index (χ0v) is 22.2. The number of hydrogen-bond acceptors (Lipinski definition) is 0. The SMILES string of the molecule is CC.CC.CC(C)(C)/C=C\C=C/C(C)(C)C.CC(C)(C)/C=C\CC(C)(C)C. The van der Waals surface area contributed by atoms with Crippen LogP contribution < -0.4 is 0 Å². The van der Waals surface area contributed by atoms with E-state index in [-0.39, 0.29) is 0 Å². The summed E-state index contributed by atoms with van der Waals surface area (Å²) < 4.78 is 0. The Bertz CT molecular complexity index is 354. The third-order valence-electron chi connectivity index (χ3n) is 2.65. The molecule has 0 unspecified atom stereocenters. The van der Waals surface area contributed by atoms with Crippen LogP contribution in [0, 0.1) is 21.7 Å². The highest BCUT2D eigenvalue weighted by molar-refractivity contribution is 5.08. The van der Waals surface area contributed by atoms with E-state index in [1.807, 2.05) is 27.7 Å². The predicted molar refractivity (Wildman–Crippen MR) is 133 cm³/mol. The Balaban J connectivity index is -0.000000165. The van der Waals surface area contributed by atoms with Crippen LogP contribution in [-0.2, 0) is 0 Å². The van der Waals surface area contributed by atoms with Crippen LogP contribution in [0.4, 0.5) is 0 Å². The van der Waals surface area contributed by atoms with Crippen LogP contribution in [0.3, 0.4) is 0 Å². The van der Waals surface area contributed by atoms with Gasteiger partial charge in [-0.25, -0.2) is 0 Å². The first-order valence-corrected chi connectivity index (χ1v) is 11.0. The summed E-state index contributed by atoms with van der Waals surface area (Å²) >= 11 is 0. The molecule has 0 N–H and O–H groups in total. The smallest absolute Gasteiger partial charge is 0.0200 e. The van der Waals surface area contributed by atoms with Crippen LogP contribution in [-0.4, -0.2) is 0 Å². The van der Waals surface area contributed by atoms with Gasteiger partial charge < -0.3 is 0 Å². The molecule has 164 valence electrons. The summed E-state index contributed by atoms with van der Waals surface area (Å²) in [7, 11) is 0. The molecular formula is C27H56. The van der Waals surface area contributed by atoms with Crippen molar-refractivity contribution in [1.29, 1.82) is 0 Å². The van der Waals surface area contributed by atoms with E-state index in [1.54, 1.807) is 0 Å². The van der Waals surface area contributed by atoms with Crippen LogP contribution >= 0.6 is 0 Å². The molecule has 0 saturated carbocycles. The van der Waals surface area contributed by atoms with E-state index in [4.69, 9.17) is 0 Å². The van der Waals surface area contributed by atoms with Gasteiger partial charge in [0.2, 0.25) is 0 Å². The molecule has 0 bridgehead atoms. The molecule has 0 nitrogen and oxygen atoms in total. The molecule has 0 radical (unpaired) electrons. The Morgan fingerprint density at radius 1 is 0.444 bits per heavy atom. The third kappa shape index (κ3) is 51.7. The lowest BCUT2D eigenvalue weighted by Gasteiger charge is -2.17. The van der Waals surface area contributed by atoms with Crippen molar-refractivity contribution in [2.45, 2.75) is 117 Å².